The highest BCUT2D eigenvalue weighted by molar-refractivity contribution is 6.02. The highest BCUT2D eigenvalue weighted by Crippen LogP contribution is 2.29. The van der Waals surface area contributed by atoms with E-state index in [1.54, 1.807) is 24.3 Å². The van der Waals surface area contributed by atoms with Crippen molar-refractivity contribution in [2.45, 2.75) is 0 Å². The molecular formula is C29H30N2O12. The van der Waals surface area contributed by atoms with Crippen molar-refractivity contribution < 1.29 is 58.2 Å². The summed E-state index contributed by atoms with van der Waals surface area (Å²) in [7, 11) is 2.78. The van der Waals surface area contributed by atoms with E-state index in [4.69, 9.17) is 29.2 Å². The molecule has 0 fully saturated rings. The third-order valence-electron chi connectivity index (χ3n) is 5.14. The maximum absolute atomic E-state index is 12.3. The van der Waals surface area contributed by atoms with E-state index >= 15 is 0 Å². The molecule has 5 N–H and O–H groups in total. The fraction of sp³-hybridized carbons (Fsp3) is 0.207. The zero-order valence-corrected chi connectivity index (χ0v) is 23.2. The van der Waals surface area contributed by atoms with E-state index in [0.29, 0.717) is 11.1 Å². The van der Waals surface area contributed by atoms with Crippen LogP contribution in [0.15, 0.2) is 60.4 Å². The lowest BCUT2D eigenvalue weighted by atomic mass is 10.1. The summed E-state index contributed by atoms with van der Waals surface area (Å²) in [5, 5.41) is 31.7. The number of nitrogens with one attached hydrogen (secondary N) is 2. The van der Waals surface area contributed by atoms with Crippen molar-refractivity contribution in [3.8, 4) is 23.0 Å². The first-order valence-electron chi connectivity index (χ1n) is 12.4. The molecule has 43 heavy (non-hydrogen) atoms. The summed E-state index contributed by atoms with van der Waals surface area (Å²) in [5.74, 6) is -3.43. The number of methoxy groups -OCH3 is 2. The molecule has 2 aromatic carbocycles. The number of aliphatic hydroxyl groups excluding tert-OH is 1. The molecule has 14 nitrogen and oxygen atoms in total. The van der Waals surface area contributed by atoms with Crippen LogP contribution in [0.2, 0.25) is 0 Å². The smallest absolute Gasteiger partial charge is 0.322 e. The Kier molecular flexibility index (Phi) is 13.3. The van der Waals surface area contributed by atoms with Crippen LogP contribution < -0.4 is 29.6 Å². The Balaban J connectivity index is 1.97. The Bertz CT molecular complexity index is 1430. The topological polar surface area (TPSA) is 207 Å². The number of carbonyl (C=O) groups excluding carboxylic acids is 3. The van der Waals surface area contributed by atoms with Crippen molar-refractivity contribution in [3.05, 3.63) is 71.5 Å². The lowest BCUT2D eigenvalue weighted by Crippen LogP contribution is -2.33. The van der Waals surface area contributed by atoms with Gasteiger partial charge in [0.25, 0.3) is 11.8 Å². The maximum Gasteiger partial charge on any atom is 0.322 e. The van der Waals surface area contributed by atoms with Crippen LogP contribution in [0.4, 0.5) is 0 Å². The van der Waals surface area contributed by atoms with Gasteiger partial charge in [-0.3, -0.25) is 24.0 Å². The van der Waals surface area contributed by atoms with Crippen LogP contribution in [0.5, 0.6) is 23.0 Å². The molecule has 0 unspecified atom stereocenters. The number of benzene rings is 2. The Labute approximate surface area is 245 Å². The van der Waals surface area contributed by atoms with E-state index in [1.165, 1.54) is 50.7 Å². The Morgan fingerprint density at radius 3 is 1.53 bits per heavy atom. The number of carboxylic acid groups (broad SMARTS) is 2. The first-order chi connectivity index (χ1) is 20.5. The molecule has 2 amide bonds. The standard InChI is InChI=1S/C29H30N2O12/c1-40-24-11-18(5-9-22(24)42-16-26(34)30-14-28(36)37)3-7-20(32)13-21(33)8-4-19-6-10-23(25(12-19)41-2)43-17-27(35)31-15-29(38)39/h3-13,32H,14-17H2,1-2H3,(H,30,34)(H,31,35)(H,36,37)(H,38,39)/b7-3+,8-4+,20-13-. The number of aliphatic hydroxyl groups is 1. The molecule has 0 heterocycles. The predicted octanol–water partition coefficient (Wildman–Crippen LogP) is 1.60. The molecule has 0 bridgehead atoms. The van der Waals surface area contributed by atoms with Gasteiger partial charge in [-0.25, -0.2) is 0 Å². The number of hydrogen-bond donors (Lipinski definition) is 5. The third-order valence-corrected chi connectivity index (χ3v) is 5.14. The summed E-state index contributed by atoms with van der Waals surface area (Å²) < 4.78 is 21.2. The number of rotatable bonds is 17. The fourth-order valence-electron chi connectivity index (χ4n) is 3.15. The number of amides is 2. The summed E-state index contributed by atoms with van der Waals surface area (Å²) >= 11 is 0. The minimum Gasteiger partial charge on any atom is -0.508 e. The largest absolute Gasteiger partial charge is 0.508 e. The molecule has 0 aliphatic carbocycles. The van der Waals surface area contributed by atoms with Crippen LogP contribution in [0.3, 0.4) is 0 Å². The number of carbonyl (C=O) groups is 5. The van der Waals surface area contributed by atoms with Crippen molar-refractivity contribution in [1.82, 2.24) is 10.6 Å². The zero-order chi connectivity index (χ0) is 31.8. The third kappa shape index (κ3) is 12.5. The molecule has 0 saturated heterocycles. The van der Waals surface area contributed by atoms with Gasteiger partial charge in [-0.2, -0.15) is 0 Å². The molecule has 0 spiro atoms. The van der Waals surface area contributed by atoms with Crippen molar-refractivity contribution in [2.24, 2.45) is 0 Å². The van der Waals surface area contributed by atoms with Gasteiger partial charge in [-0.05, 0) is 47.5 Å². The van der Waals surface area contributed by atoms with Crippen LogP contribution in [0, 0.1) is 0 Å². The van der Waals surface area contributed by atoms with Gasteiger partial charge in [0.15, 0.2) is 42.0 Å². The predicted molar refractivity (Wildman–Crippen MR) is 152 cm³/mol. The van der Waals surface area contributed by atoms with Gasteiger partial charge >= 0.3 is 11.9 Å². The monoisotopic (exact) mass is 598 g/mol. The first-order valence-corrected chi connectivity index (χ1v) is 12.4. The summed E-state index contributed by atoms with van der Waals surface area (Å²) in [4.78, 5) is 56.6. The van der Waals surface area contributed by atoms with Gasteiger partial charge < -0.3 is 44.9 Å². The van der Waals surface area contributed by atoms with E-state index < -0.39 is 55.8 Å². The van der Waals surface area contributed by atoms with Gasteiger partial charge in [-0.15, -0.1) is 0 Å². The summed E-state index contributed by atoms with van der Waals surface area (Å²) in [5.41, 5.74) is 1.14. The van der Waals surface area contributed by atoms with Crippen LogP contribution in [0.1, 0.15) is 11.1 Å². The highest BCUT2D eigenvalue weighted by atomic mass is 16.5. The molecule has 0 radical (unpaired) electrons. The molecule has 0 atom stereocenters. The van der Waals surface area contributed by atoms with E-state index in [0.717, 1.165) is 6.08 Å². The summed E-state index contributed by atoms with van der Waals surface area (Å²) in [6.07, 6.45) is 6.51. The second-order valence-electron chi connectivity index (χ2n) is 8.38. The summed E-state index contributed by atoms with van der Waals surface area (Å²) in [6, 6.07) is 9.38. The lowest BCUT2D eigenvalue weighted by Gasteiger charge is -2.11. The normalized spacial score (nSPS) is 11.2. The molecule has 14 heteroatoms. The molecule has 0 saturated carbocycles. The second-order valence-corrected chi connectivity index (χ2v) is 8.38. The number of ketones is 1. The Morgan fingerprint density at radius 2 is 1.12 bits per heavy atom. The van der Waals surface area contributed by atoms with Crippen LogP contribution in [0.25, 0.3) is 12.2 Å². The van der Waals surface area contributed by atoms with Crippen LogP contribution in [-0.2, 0) is 24.0 Å². The number of aliphatic carboxylic acids is 2. The molecular weight excluding hydrogens is 568 g/mol. The van der Waals surface area contributed by atoms with Crippen LogP contribution in [-0.4, -0.2) is 85.4 Å². The van der Waals surface area contributed by atoms with Crippen molar-refractivity contribution in [2.75, 3.05) is 40.5 Å². The molecule has 228 valence electrons. The zero-order valence-electron chi connectivity index (χ0n) is 23.2. The van der Waals surface area contributed by atoms with Crippen LogP contribution >= 0.6 is 0 Å². The van der Waals surface area contributed by atoms with E-state index in [9.17, 15) is 29.1 Å². The molecule has 2 rings (SSSR count). The number of carboxylic acids is 2. The van der Waals surface area contributed by atoms with Gasteiger partial charge in [0.2, 0.25) is 0 Å². The van der Waals surface area contributed by atoms with Gasteiger partial charge in [-0.1, -0.05) is 24.3 Å². The minimum atomic E-state index is -1.18. The first kappa shape index (κ1) is 33.4. The van der Waals surface area contributed by atoms with E-state index in [1.807, 2.05) is 0 Å². The number of hydrogen-bond acceptors (Lipinski definition) is 10. The second kappa shape index (κ2) is 17.1. The number of allylic oxidation sites excluding steroid dienone is 3. The quantitative estimate of drug-likeness (QED) is 0.1000. The minimum absolute atomic E-state index is 0.233. The maximum atomic E-state index is 12.3. The SMILES string of the molecule is COc1cc(/C=C/C(=O)/C=C(O)/C=C/c2ccc(OCC(=O)NCC(=O)O)c(OC)c2)ccc1OCC(=O)NCC(=O)O. The average molecular weight is 599 g/mol. The average Bonchev–Trinajstić information content (AvgIpc) is 2.98. The van der Waals surface area contributed by atoms with Crippen molar-refractivity contribution in [1.29, 1.82) is 0 Å². The highest BCUT2D eigenvalue weighted by Gasteiger charge is 2.11. The Hall–Kier alpha value is -5.79. The molecule has 0 aliphatic rings. The van der Waals surface area contributed by atoms with Crippen molar-refractivity contribution >= 4 is 41.7 Å². The van der Waals surface area contributed by atoms with Gasteiger partial charge in [0.1, 0.15) is 18.8 Å². The number of ether oxygens (including phenoxy) is 4. The van der Waals surface area contributed by atoms with E-state index in [-0.39, 0.29) is 28.8 Å². The van der Waals surface area contributed by atoms with E-state index in [2.05, 4.69) is 10.6 Å². The lowest BCUT2D eigenvalue weighted by molar-refractivity contribution is -0.138. The molecule has 0 aromatic heterocycles. The van der Waals surface area contributed by atoms with Gasteiger partial charge in [0.05, 0.1) is 14.2 Å². The molecule has 2 aromatic rings. The Morgan fingerprint density at radius 1 is 0.674 bits per heavy atom. The van der Waals surface area contributed by atoms with Crippen molar-refractivity contribution in [3.63, 3.8) is 0 Å². The molecule has 0 aliphatic heterocycles. The summed E-state index contributed by atoms with van der Waals surface area (Å²) in [6.45, 7) is -1.90. The van der Waals surface area contributed by atoms with Gasteiger partial charge in [0, 0.05) is 6.08 Å². The fourth-order valence-corrected chi connectivity index (χ4v) is 3.15.